The van der Waals surface area contributed by atoms with E-state index in [-0.39, 0.29) is 16.6 Å². The lowest BCUT2D eigenvalue weighted by atomic mass is 9.74. The Morgan fingerprint density at radius 3 is 1.77 bits per heavy atom. The van der Waals surface area contributed by atoms with E-state index in [4.69, 9.17) is 10.0 Å². The van der Waals surface area contributed by atoms with Gasteiger partial charge in [-0.1, -0.05) is 0 Å². The quantitative estimate of drug-likeness (QED) is 0.617. The summed E-state index contributed by atoms with van der Waals surface area (Å²) < 4.78 is 25.8. The third-order valence-corrected chi connectivity index (χ3v) is 2.04. The minimum Gasteiger partial charge on any atom is -0.423 e. The molecular formula is C8H9BF2O2. The van der Waals surface area contributed by atoms with Gasteiger partial charge in [0.05, 0.1) is 0 Å². The number of benzene rings is 1. The number of hydrogen-bond acceptors (Lipinski definition) is 2. The molecule has 0 aliphatic heterocycles. The van der Waals surface area contributed by atoms with Gasteiger partial charge in [0.25, 0.3) is 0 Å². The fourth-order valence-electron chi connectivity index (χ4n) is 1.25. The molecule has 0 aliphatic rings. The van der Waals surface area contributed by atoms with Crippen molar-refractivity contribution >= 4 is 12.6 Å². The molecule has 1 aromatic rings. The second-order valence-electron chi connectivity index (χ2n) is 2.88. The van der Waals surface area contributed by atoms with Gasteiger partial charge in [0.1, 0.15) is 11.6 Å². The van der Waals surface area contributed by atoms with Gasteiger partial charge >= 0.3 is 7.12 Å². The Kier molecular flexibility index (Phi) is 2.68. The maximum Gasteiger partial charge on any atom is 0.489 e. The molecule has 0 saturated carbocycles. The lowest BCUT2D eigenvalue weighted by Crippen LogP contribution is -2.35. The molecule has 0 aromatic heterocycles. The molecule has 1 rings (SSSR count). The van der Waals surface area contributed by atoms with Crippen LogP contribution in [0.2, 0.25) is 0 Å². The van der Waals surface area contributed by atoms with E-state index in [9.17, 15) is 8.78 Å². The molecule has 0 bridgehead atoms. The molecule has 13 heavy (non-hydrogen) atoms. The maximum atomic E-state index is 12.9. The van der Waals surface area contributed by atoms with Gasteiger partial charge in [-0.15, -0.1) is 0 Å². The van der Waals surface area contributed by atoms with Crippen LogP contribution in [0.25, 0.3) is 0 Å². The molecule has 70 valence electrons. The minimum atomic E-state index is -1.84. The van der Waals surface area contributed by atoms with Gasteiger partial charge in [-0.3, -0.25) is 0 Å². The van der Waals surface area contributed by atoms with Crippen molar-refractivity contribution in [1.82, 2.24) is 0 Å². The molecule has 2 nitrogen and oxygen atoms in total. The number of rotatable bonds is 1. The van der Waals surface area contributed by atoms with Crippen molar-refractivity contribution in [3.8, 4) is 0 Å². The largest absolute Gasteiger partial charge is 0.489 e. The lowest BCUT2D eigenvalue weighted by Gasteiger charge is -2.10. The van der Waals surface area contributed by atoms with Crippen molar-refractivity contribution in [2.24, 2.45) is 0 Å². The highest BCUT2D eigenvalue weighted by molar-refractivity contribution is 6.59. The summed E-state index contributed by atoms with van der Waals surface area (Å²) in [5.74, 6) is -1.54. The lowest BCUT2D eigenvalue weighted by molar-refractivity contribution is 0.424. The highest BCUT2D eigenvalue weighted by Crippen LogP contribution is 2.11. The van der Waals surface area contributed by atoms with E-state index in [2.05, 4.69) is 0 Å². The van der Waals surface area contributed by atoms with Crippen molar-refractivity contribution in [3.63, 3.8) is 0 Å². The van der Waals surface area contributed by atoms with Crippen LogP contribution in [0.1, 0.15) is 11.1 Å². The molecule has 0 unspecified atom stereocenters. The van der Waals surface area contributed by atoms with E-state index in [0.29, 0.717) is 0 Å². The van der Waals surface area contributed by atoms with Crippen molar-refractivity contribution < 1.29 is 18.8 Å². The average molecular weight is 186 g/mol. The van der Waals surface area contributed by atoms with Gasteiger partial charge in [0, 0.05) is 6.07 Å². The molecule has 5 heteroatoms. The molecule has 0 amide bonds. The smallest absolute Gasteiger partial charge is 0.423 e. The van der Waals surface area contributed by atoms with Crippen LogP contribution in [0, 0.1) is 25.5 Å². The van der Waals surface area contributed by atoms with Crippen LogP contribution < -0.4 is 5.46 Å². The first-order valence-corrected chi connectivity index (χ1v) is 3.76. The van der Waals surface area contributed by atoms with Crippen molar-refractivity contribution in [1.29, 1.82) is 0 Å². The van der Waals surface area contributed by atoms with Crippen LogP contribution in [0.4, 0.5) is 8.78 Å². The fourth-order valence-corrected chi connectivity index (χ4v) is 1.25. The first-order valence-electron chi connectivity index (χ1n) is 3.76. The Bertz CT molecular complexity index is 313. The summed E-state index contributed by atoms with van der Waals surface area (Å²) in [5, 5.41) is 17.7. The molecule has 0 spiro atoms. The Balaban J connectivity index is 3.46. The third kappa shape index (κ3) is 1.71. The Hall–Kier alpha value is -0.935. The predicted molar refractivity (Wildman–Crippen MR) is 45.7 cm³/mol. The number of hydrogen-bond donors (Lipinski definition) is 2. The SMILES string of the molecule is Cc1c(F)cc(F)c(C)c1B(O)O. The first-order chi connectivity index (χ1) is 5.95. The second-order valence-corrected chi connectivity index (χ2v) is 2.88. The summed E-state index contributed by atoms with van der Waals surface area (Å²) in [7, 11) is -1.84. The highest BCUT2D eigenvalue weighted by atomic mass is 19.1. The monoisotopic (exact) mass is 186 g/mol. The van der Waals surface area contributed by atoms with Gasteiger partial charge in [0.15, 0.2) is 0 Å². The van der Waals surface area contributed by atoms with Gasteiger partial charge in [-0.05, 0) is 30.4 Å². The van der Waals surface area contributed by atoms with Gasteiger partial charge < -0.3 is 10.0 Å². The van der Waals surface area contributed by atoms with Crippen LogP contribution in [-0.4, -0.2) is 17.2 Å². The maximum absolute atomic E-state index is 12.9. The van der Waals surface area contributed by atoms with E-state index in [0.717, 1.165) is 6.07 Å². The summed E-state index contributed by atoms with van der Waals surface area (Å²) in [6.07, 6.45) is 0. The van der Waals surface area contributed by atoms with Crippen molar-refractivity contribution in [2.75, 3.05) is 0 Å². The zero-order valence-corrected chi connectivity index (χ0v) is 7.31. The Morgan fingerprint density at radius 2 is 1.46 bits per heavy atom. The zero-order valence-electron chi connectivity index (χ0n) is 7.31. The van der Waals surface area contributed by atoms with E-state index < -0.39 is 18.8 Å². The number of halogens is 2. The van der Waals surface area contributed by atoms with Gasteiger partial charge in [-0.2, -0.15) is 0 Å². The topological polar surface area (TPSA) is 40.5 Å². The van der Waals surface area contributed by atoms with E-state index in [1.807, 2.05) is 0 Å². The van der Waals surface area contributed by atoms with Crippen molar-refractivity contribution in [2.45, 2.75) is 13.8 Å². The average Bonchev–Trinajstić information content (AvgIpc) is 2.01. The van der Waals surface area contributed by atoms with Crippen LogP contribution in [0.3, 0.4) is 0 Å². The molecule has 1 aromatic carbocycles. The summed E-state index contributed by atoms with van der Waals surface area (Å²) in [4.78, 5) is 0. The second kappa shape index (κ2) is 3.43. The van der Waals surface area contributed by atoms with Crippen LogP contribution >= 0.6 is 0 Å². The summed E-state index contributed by atoms with van der Waals surface area (Å²) >= 11 is 0. The van der Waals surface area contributed by atoms with E-state index in [1.165, 1.54) is 13.8 Å². The van der Waals surface area contributed by atoms with Gasteiger partial charge in [-0.25, -0.2) is 8.78 Å². The molecule has 0 heterocycles. The third-order valence-electron chi connectivity index (χ3n) is 2.04. The van der Waals surface area contributed by atoms with Crippen LogP contribution in [0.5, 0.6) is 0 Å². The van der Waals surface area contributed by atoms with Crippen molar-refractivity contribution in [3.05, 3.63) is 28.8 Å². The molecule has 0 fully saturated rings. The minimum absolute atomic E-state index is 0.0638. The van der Waals surface area contributed by atoms with Gasteiger partial charge in [0.2, 0.25) is 0 Å². The highest BCUT2D eigenvalue weighted by Gasteiger charge is 2.21. The Morgan fingerprint density at radius 1 is 1.08 bits per heavy atom. The standard InChI is InChI=1S/C8H9BF2O2/c1-4-6(10)3-7(11)5(2)8(4)9(12)13/h3,12-13H,1-2H3. The van der Waals surface area contributed by atoms with Crippen LogP contribution in [0.15, 0.2) is 6.07 Å². The summed E-state index contributed by atoms with van der Waals surface area (Å²) in [6.45, 7) is 2.74. The molecule has 2 N–H and O–H groups in total. The molecule has 0 saturated heterocycles. The molecular weight excluding hydrogens is 177 g/mol. The Labute approximate surface area is 75.0 Å². The summed E-state index contributed by atoms with van der Waals surface area (Å²) in [5.41, 5.74) is 0.0281. The molecule has 0 radical (unpaired) electrons. The zero-order chi connectivity index (χ0) is 10.2. The molecule has 0 aliphatic carbocycles. The molecule has 0 atom stereocenters. The predicted octanol–water partition coefficient (Wildman–Crippen LogP) is 0.261. The summed E-state index contributed by atoms with van der Waals surface area (Å²) in [6, 6.07) is 0.733. The van der Waals surface area contributed by atoms with Crippen LogP contribution in [-0.2, 0) is 0 Å². The normalized spacial score (nSPS) is 10.3. The first kappa shape index (κ1) is 10.1. The van der Waals surface area contributed by atoms with E-state index in [1.54, 1.807) is 0 Å². The van der Waals surface area contributed by atoms with E-state index >= 15 is 0 Å². The fraction of sp³-hybridized carbons (Fsp3) is 0.250.